The fourth-order valence-electron chi connectivity index (χ4n) is 2.61. The van der Waals surface area contributed by atoms with Gasteiger partial charge in [-0.3, -0.25) is 4.79 Å². The van der Waals surface area contributed by atoms with Crippen LogP contribution in [0.25, 0.3) is 0 Å². The van der Waals surface area contributed by atoms with Crippen LogP contribution in [0.4, 0.5) is 5.69 Å². The quantitative estimate of drug-likeness (QED) is 0.807. The molecule has 0 aliphatic carbocycles. The standard InChI is InChI=1S/C19H22N2O4.ClH/c1-23-17-4-2-3-5-18(17)25-15-8-6-14(7-9-15)21-19(22)12-16-13-20-10-11-24-16;/h2-9,16,20H,10-13H2,1H3,(H,21,22);1H. The van der Waals surface area contributed by atoms with Crippen molar-refractivity contribution in [2.24, 2.45) is 0 Å². The Kier molecular flexibility index (Phi) is 7.72. The predicted molar refractivity (Wildman–Crippen MR) is 103 cm³/mol. The zero-order chi connectivity index (χ0) is 17.5. The van der Waals surface area contributed by atoms with Gasteiger partial charge in [0.05, 0.1) is 26.2 Å². The minimum Gasteiger partial charge on any atom is -0.493 e. The number of anilines is 1. The van der Waals surface area contributed by atoms with E-state index >= 15 is 0 Å². The van der Waals surface area contributed by atoms with Gasteiger partial charge in [0.1, 0.15) is 5.75 Å². The van der Waals surface area contributed by atoms with Gasteiger partial charge in [-0.05, 0) is 36.4 Å². The number of para-hydroxylation sites is 2. The highest BCUT2D eigenvalue weighted by atomic mass is 35.5. The maximum absolute atomic E-state index is 12.1. The number of carbonyl (C=O) groups excluding carboxylic acids is 1. The number of methoxy groups -OCH3 is 1. The number of hydrogen-bond donors (Lipinski definition) is 2. The first-order valence-electron chi connectivity index (χ1n) is 8.27. The molecule has 140 valence electrons. The van der Waals surface area contributed by atoms with Crippen LogP contribution in [0.3, 0.4) is 0 Å². The minimum atomic E-state index is -0.0677. The highest BCUT2D eigenvalue weighted by molar-refractivity contribution is 5.91. The maximum Gasteiger partial charge on any atom is 0.227 e. The zero-order valence-electron chi connectivity index (χ0n) is 14.6. The van der Waals surface area contributed by atoms with Gasteiger partial charge in [-0.25, -0.2) is 0 Å². The largest absolute Gasteiger partial charge is 0.493 e. The number of morpholine rings is 1. The number of hydrogen-bond acceptors (Lipinski definition) is 5. The molecule has 1 atom stereocenters. The summed E-state index contributed by atoms with van der Waals surface area (Å²) < 4.78 is 16.6. The molecule has 1 aliphatic heterocycles. The number of carbonyl (C=O) groups is 1. The van der Waals surface area contributed by atoms with Gasteiger partial charge in [-0.1, -0.05) is 12.1 Å². The second-order valence-electron chi connectivity index (χ2n) is 5.73. The molecule has 0 spiro atoms. The molecule has 1 heterocycles. The van der Waals surface area contributed by atoms with Crippen LogP contribution in [0.15, 0.2) is 48.5 Å². The van der Waals surface area contributed by atoms with E-state index in [1.54, 1.807) is 19.2 Å². The second-order valence-corrected chi connectivity index (χ2v) is 5.73. The number of nitrogens with one attached hydrogen (secondary N) is 2. The van der Waals surface area contributed by atoms with E-state index in [2.05, 4.69) is 10.6 Å². The topological polar surface area (TPSA) is 68.8 Å². The number of benzene rings is 2. The van der Waals surface area contributed by atoms with Crippen molar-refractivity contribution in [2.45, 2.75) is 12.5 Å². The van der Waals surface area contributed by atoms with Crippen molar-refractivity contribution in [3.8, 4) is 17.2 Å². The molecule has 0 saturated carbocycles. The summed E-state index contributed by atoms with van der Waals surface area (Å²) in [5.41, 5.74) is 0.723. The Balaban J connectivity index is 0.00000243. The van der Waals surface area contributed by atoms with E-state index in [-0.39, 0.29) is 24.4 Å². The van der Waals surface area contributed by atoms with E-state index in [0.717, 1.165) is 12.2 Å². The van der Waals surface area contributed by atoms with Gasteiger partial charge in [0.25, 0.3) is 0 Å². The first kappa shape index (κ1) is 20.0. The molecule has 7 heteroatoms. The molecule has 2 aromatic rings. The van der Waals surface area contributed by atoms with Crippen LogP contribution >= 0.6 is 12.4 Å². The summed E-state index contributed by atoms with van der Waals surface area (Å²) in [6.45, 7) is 2.19. The molecular weight excluding hydrogens is 356 g/mol. The molecule has 0 bridgehead atoms. The molecule has 1 fully saturated rings. The molecule has 2 aromatic carbocycles. The molecule has 1 saturated heterocycles. The van der Waals surface area contributed by atoms with Crippen LogP contribution in [-0.4, -0.2) is 38.8 Å². The fraction of sp³-hybridized carbons (Fsp3) is 0.316. The third-order valence-electron chi connectivity index (χ3n) is 3.85. The van der Waals surface area contributed by atoms with Gasteiger partial charge in [-0.15, -0.1) is 12.4 Å². The monoisotopic (exact) mass is 378 g/mol. The Hall–Kier alpha value is -2.28. The Bertz CT molecular complexity index is 703. The van der Waals surface area contributed by atoms with E-state index in [9.17, 15) is 4.79 Å². The Morgan fingerprint density at radius 1 is 1.19 bits per heavy atom. The van der Waals surface area contributed by atoms with Gasteiger partial charge in [-0.2, -0.15) is 0 Å². The molecule has 0 radical (unpaired) electrons. The normalized spacial score (nSPS) is 16.3. The van der Waals surface area contributed by atoms with Crippen molar-refractivity contribution in [1.29, 1.82) is 0 Å². The van der Waals surface area contributed by atoms with Gasteiger partial charge < -0.3 is 24.8 Å². The van der Waals surface area contributed by atoms with Crippen LogP contribution in [0, 0.1) is 0 Å². The molecule has 1 aliphatic rings. The first-order chi connectivity index (χ1) is 12.2. The van der Waals surface area contributed by atoms with Crippen molar-refractivity contribution in [2.75, 3.05) is 32.1 Å². The highest BCUT2D eigenvalue weighted by Gasteiger charge is 2.17. The van der Waals surface area contributed by atoms with Crippen molar-refractivity contribution < 1.29 is 19.0 Å². The average Bonchev–Trinajstić information content (AvgIpc) is 2.64. The lowest BCUT2D eigenvalue weighted by molar-refractivity contribution is -0.119. The maximum atomic E-state index is 12.1. The minimum absolute atomic E-state index is 0. The van der Waals surface area contributed by atoms with Crippen molar-refractivity contribution >= 4 is 24.0 Å². The molecule has 0 aromatic heterocycles. The van der Waals surface area contributed by atoms with Crippen LogP contribution in [0.2, 0.25) is 0 Å². The van der Waals surface area contributed by atoms with E-state index in [0.29, 0.717) is 36.8 Å². The average molecular weight is 379 g/mol. The number of halogens is 1. The van der Waals surface area contributed by atoms with Crippen LogP contribution in [0.1, 0.15) is 6.42 Å². The summed E-state index contributed by atoms with van der Waals surface area (Å²) in [6, 6.07) is 14.7. The van der Waals surface area contributed by atoms with Crippen LogP contribution in [0.5, 0.6) is 17.2 Å². The summed E-state index contributed by atoms with van der Waals surface area (Å²) in [7, 11) is 1.60. The summed E-state index contributed by atoms with van der Waals surface area (Å²) in [6.07, 6.45) is 0.272. The molecule has 1 amide bonds. The number of ether oxygens (including phenoxy) is 3. The summed E-state index contributed by atoms with van der Waals surface area (Å²) in [5, 5.41) is 6.09. The first-order valence-corrected chi connectivity index (χ1v) is 8.27. The van der Waals surface area contributed by atoms with Gasteiger partial charge >= 0.3 is 0 Å². The lowest BCUT2D eigenvalue weighted by atomic mass is 10.2. The number of rotatable bonds is 6. The molecule has 2 N–H and O–H groups in total. The van der Waals surface area contributed by atoms with E-state index < -0.39 is 0 Å². The Morgan fingerprint density at radius 3 is 2.58 bits per heavy atom. The van der Waals surface area contributed by atoms with Gasteiger partial charge in [0.2, 0.25) is 5.91 Å². The lowest BCUT2D eigenvalue weighted by Gasteiger charge is -2.23. The predicted octanol–water partition coefficient (Wildman–Crippen LogP) is 3.23. The Labute approximate surface area is 159 Å². The van der Waals surface area contributed by atoms with Crippen molar-refractivity contribution in [3.63, 3.8) is 0 Å². The van der Waals surface area contributed by atoms with Crippen molar-refractivity contribution in [1.82, 2.24) is 5.32 Å². The SMILES string of the molecule is COc1ccccc1Oc1ccc(NC(=O)CC2CNCCO2)cc1.Cl. The molecule has 26 heavy (non-hydrogen) atoms. The van der Waals surface area contributed by atoms with Crippen LogP contribution in [-0.2, 0) is 9.53 Å². The van der Waals surface area contributed by atoms with E-state index in [4.69, 9.17) is 14.2 Å². The zero-order valence-corrected chi connectivity index (χ0v) is 15.4. The molecular formula is C19H23ClN2O4. The van der Waals surface area contributed by atoms with E-state index in [1.165, 1.54) is 0 Å². The van der Waals surface area contributed by atoms with Crippen LogP contribution < -0.4 is 20.1 Å². The van der Waals surface area contributed by atoms with Crippen molar-refractivity contribution in [3.05, 3.63) is 48.5 Å². The molecule has 1 unspecified atom stereocenters. The summed E-state index contributed by atoms with van der Waals surface area (Å²) in [5.74, 6) is 1.92. The second kappa shape index (κ2) is 10.0. The van der Waals surface area contributed by atoms with E-state index in [1.807, 2.05) is 36.4 Å². The fourth-order valence-corrected chi connectivity index (χ4v) is 2.61. The highest BCUT2D eigenvalue weighted by Crippen LogP contribution is 2.31. The lowest BCUT2D eigenvalue weighted by Crippen LogP contribution is -2.40. The van der Waals surface area contributed by atoms with Gasteiger partial charge in [0, 0.05) is 18.8 Å². The summed E-state index contributed by atoms with van der Waals surface area (Å²) in [4.78, 5) is 12.1. The summed E-state index contributed by atoms with van der Waals surface area (Å²) >= 11 is 0. The van der Waals surface area contributed by atoms with Gasteiger partial charge in [0.15, 0.2) is 11.5 Å². The molecule has 3 rings (SSSR count). The smallest absolute Gasteiger partial charge is 0.227 e. The Morgan fingerprint density at radius 2 is 1.92 bits per heavy atom. The third-order valence-corrected chi connectivity index (χ3v) is 3.85. The third kappa shape index (κ3) is 5.62. The molecule has 6 nitrogen and oxygen atoms in total. The number of amides is 1.